The minimum absolute atomic E-state index is 0.00437. The molecule has 0 aliphatic carbocycles. The van der Waals surface area contributed by atoms with Crippen LogP contribution in [0.1, 0.15) is 33.4 Å². The first-order chi connectivity index (χ1) is 27.6. The molecule has 58 heavy (non-hydrogen) atoms. The van der Waals surface area contributed by atoms with Crippen LogP contribution in [-0.4, -0.2) is 65.3 Å². The summed E-state index contributed by atoms with van der Waals surface area (Å²) >= 11 is 6.58. The number of alkyl halides is 3. The zero-order valence-corrected chi connectivity index (χ0v) is 32.2. The van der Waals surface area contributed by atoms with Crippen LogP contribution in [0, 0.1) is 0 Å². The molecule has 0 saturated carbocycles. The van der Waals surface area contributed by atoms with Crippen molar-refractivity contribution in [3.05, 3.63) is 96.7 Å². The number of nitrogens with one attached hydrogen (secondary N) is 1. The van der Waals surface area contributed by atoms with E-state index < -0.39 is 33.1 Å². The van der Waals surface area contributed by atoms with Gasteiger partial charge in [-0.3, -0.25) is 9.97 Å². The number of nitrogens with zero attached hydrogens (tertiary/aromatic N) is 8. The topological polar surface area (TPSA) is 203 Å². The lowest BCUT2D eigenvalue weighted by atomic mass is 10.1. The van der Waals surface area contributed by atoms with E-state index >= 15 is 0 Å². The zero-order chi connectivity index (χ0) is 41.4. The fourth-order valence-corrected chi connectivity index (χ4v) is 6.31. The molecular weight excluding hydrogens is 807 g/mol. The molecule has 16 nitrogen and oxygen atoms in total. The van der Waals surface area contributed by atoms with E-state index in [1.54, 1.807) is 57.7 Å². The number of carbonyl (C=O) groups excluding carboxylic acids is 1. The summed E-state index contributed by atoms with van der Waals surface area (Å²) < 4.78 is 82.7. The Bertz CT molecular complexity index is 2900. The number of anilines is 2. The van der Waals surface area contributed by atoms with Crippen LogP contribution in [-0.2, 0) is 21.3 Å². The second kappa shape index (κ2) is 15.3. The molecule has 8 rings (SSSR count). The van der Waals surface area contributed by atoms with Crippen LogP contribution in [0.2, 0.25) is 5.02 Å². The molecule has 0 fully saturated rings. The molecule has 0 amide bonds. The fourth-order valence-electron chi connectivity index (χ4n) is 5.59. The Morgan fingerprint density at radius 1 is 0.845 bits per heavy atom. The Balaban J connectivity index is 0.000000193. The largest absolute Gasteiger partial charge is 0.534 e. The summed E-state index contributed by atoms with van der Waals surface area (Å²) in [4.78, 5) is 37.2. The monoisotopic (exact) mass is 835 g/mol. The van der Waals surface area contributed by atoms with Crippen molar-refractivity contribution in [3.63, 3.8) is 0 Å². The number of hydrogen-bond donors (Lipinski definition) is 1. The molecular formula is C37H29ClF3N9O7S. The number of halogens is 4. The third-order valence-electron chi connectivity index (χ3n) is 7.97. The molecule has 0 atom stereocenters. The van der Waals surface area contributed by atoms with Gasteiger partial charge in [-0.2, -0.15) is 31.4 Å². The van der Waals surface area contributed by atoms with Crippen LogP contribution in [0.15, 0.2) is 94.8 Å². The summed E-state index contributed by atoms with van der Waals surface area (Å²) in [6, 6.07) is 9.89. The number of ether oxygens (including phenoxy) is 1. The van der Waals surface area contributed by atoms with Crippen LogP contribution in [0.5, 0.6) is 5.75 Å². The first-order valence-electron chi connectivity index (χ1n) is 17.0. The number of hydrogen-bond acceptors (Lipinski definition) is 15. The number of aryl methyl sites for hydroxylation is 1. The van der Waals surface area contributed by atoms with E-state index in [1.165, 1.54) is 41.6 Å². The molecule has 7 aromatic heterocycles. The molecule has 0 saturated heterocycles. The lowest BCUT2D eigenvalue weighted by Gasteiger charge is -2.19. The van der Waals surface area contributed by atoms with Crippen LogP contribution in [0.3, 0.4) is 0 Å². The van der Waals surface area contributed by atoms with Crippen LogP contribution in [0.4, 0.5) is 29.3 Å². The standard InChI is InChI=1S/C25H23ClN6O3.C12H6F3N3O4S/c1-5-16-19-17(8-7-15(26)21(19)32(31-16)24(33)35-25(2,3)4)30-20-14-9-12-27-13-18(14)34-22(20)23-28-10-6-11-29-23;13-12(14,15)23(19,20)22-9-7-2-5-16-6-8(7)21-10(9)11-17-3-1-4-18-11/h6-13,30H,5H2,1-4H3;1-6H. The molecule has 298 valence electrons. The van der Waals surface area contributed by atoms with Crippen LogP contribution < -0.4 is 9.50 Å². The average molecular weight is 836 g/mol. The average Bonchev–Trinajstić information content (AvgIpc) is 3.88. The molecule has 8 aromatic rings. The minimum atomic E-state index is -5.88. The second-order valence-corrected chi connectivity index (χ2v) is 15.0. The van der Waals surface area contributed by atoms with Crippen molar-refractivity contribution in [1.29, 1.82) is 0 Å². The van der Waals surface area contributed by atoms with Crippen molar-refractivity contribution in [2.45, 2.75) is 45.2 Å². The van der Waals surface area contributed by atoms with Gasteiger partial charge in [-0.1, -0.05) is 18.5 Å². The third kappa shape index (κ3) is 7.83. The van der Waals surface area contributed by atoms with Crippen molar-refractivity contribution in [2.24, 2.45) is 0 Å². The first-order valence-corrected chi connectivity index (χ1v) is 18.8. The molecule has 1 N–H and O–H groups in total. The van der Waals surface area contributed by atoms with Gasteiger partial charge in [0.2, 0.25) is 5.76 Å². The summed E-state index contributed by atoms with van der Waals surface area (Å²) in [6.45, 7) is 7.38. The van der Waals surface area contributed by atoms with Gasteiger partial charge in [-0.05, 0) is 63.6 Å². The Kier molecular flexibility index (Phi) is 10.5. The predicted octanol–water partition coefficient (Wildman–Crippen LogP) is 8.89. The Morgan fingerprint density at radius 2 is 1.41 bits per heavy atom. The first kappa shape index (κ1) is 39.6. The van der Waals surface area contributed by atoms with E-state index in [9.17, 15) is 26.4 Å². The lowest BCUT2D eigenvalue weighted by molar-refractivity contribution is -0.0499. The molecule has 0 radical (unpaired) electrons. The maximum Gasteiger partial charge on any atom is 0.534 e. The van der Waals surface area contributed by atoms with Crippen molar-refractivity contribution in [3.8, 4) is 28.9 Å². The van der Waals surface area contributed by atoms with Gasteiger partial charge in [-0.25, -0.2) is 24.7 Å². The van der Waals surface area contributed by atoms with Gasteiger partial charge < -0.3 is 23.1 Å². The summed E-state index contributed by atoms with van der Waals surface area (Å²) in [5, 5.41) is 9.93. The summed E-state index contributed by atoms with van der Waals surface area (Å²) in [5.74, 6) is -0.228. The van der Waals surface area contributed by atoms with Gasteiger partial charge in [0.15, 0.2) is 34.3 Å². The highest BCUT2D eigenvalue weighted by Gasteiger charge is 2.49. The summed E-state index contributed by atoms with van der Waals surface area (Å²) in [5.41, 5.74) is -3.11. The molecule has 0 unspecified atom stereocenters. The van der Waals surface area contributed by atoms with E-state index in [0.29, 0.717) is 56.6 Å². The van der Waals surface area contributed by atoms with E-state index in [2.05, 4.69) is 44.5 Å². The van der Waals surface area contributed by atoms with Gasteiger partial charge in [0.1, 0.15) is 11.1 Å². The highest BCUT2D eigenvalue weighted by Crippen LogP contribution is 2.42. The fraction of sp³-hybridized carbons (Fsp3) is 0.189. The van der Waals surface area contributed by atoms with Crippen LogP contribution in [0.25, 0.3) is 56.0 Å². The summed E-state index contributed by atoms with van der Waals surface area (Å²) in [7, 11) is -5.88. The molecule has 0 aliphatic heterocycles. The van der Waals surface area contributed by atoms with Gasteiger partial charge in [-0.15, -0.1) is 0 Å². The van der Waals surface area contributed by atoms with Crippen molar-refractivity contribution < 1.29 is 44.1 Å². The minimum Gasteiger partial charge on any atom is -0.449 e. The Labute approximate surface area is 331 Å². The molecule has 0 spiro atoms. The molecule has 21 heteroatoms. The molecule has 7 heterocycles. The number of furan rings is 2. The normalized spacial score (nSPS) is 12.1. The Morgan fingerprint density at radius 3 is 2.00 bits per heavy atom. The van der Waals surface area contributed by atoms with E-state index in [4.69, 9.17) is 25.2 Å². The van der Waals surface area contributed by atoms with E-state index in [1.807, 2.05) is 19.1 Å². The smallest absolute Gasteiger partial charge is 0.449 e. The molecule has 1 aromatic carbocycles. The highest BCUT2D eigenvalue weighted by molar-refractivity contribution is 7.88. The van der Waals surface area contributed by atoms with Gasteiger partial charge in [0.05, 0.1) is 39.9 Å². The van der Waals surface area contributed by atoms with Gasteiger partial charge in [0, 0.05) is 48.0 Å². The number of aromatic nitrogens is 8. The lowest BCUT2D eigenvalue weighted by Crippen LogP contribution is -2.28. The predicted molar refractivity (Wildman–Crippen MR) is 205 cm³/mol. The van der Waals surface area contributed by atoms with E-state index in [0.717, 1.165) is 5.39 Å². The number of rotatable bonds is 7. The van der Waals surface area contributed by atoms with E-state index in [-0.39, 0.29) is 22.6 Å². The van der Waals surface area contributed by atoms with Gasteiger partial charge in [0.25, 0.3) is 0 Å². The number of fused-ring (bicyclic) bond motifs is 3. The third-order valence-corrected chi connectivity index (χ3v) is 9.22. The maximum absolute atomic E-state index is 13.0. The Hall–Kier alpha value is -6.67. The number of benzene rings is 1. The van der Waals surface area contributed by atoms with Gasteiger partial charge >= 0.3 is 21.7 Å². The SMILES string of the molecule is CCc1nn(C(=O)OC(C)(C)C)c2c(Cl)ccc(Nc3c(-c4ncccn4)oc4cnccc34)c12.O=S(=O)(Oc1c(-c2ncccn2)oc2cnccc12)C(F)(F)F. The van der Waals surface area contributed by atoms with Crippen molar-refractivity contribution in [1.82, 2.24) is 39.7 Å². The van der Waals surface area contributed by atoms with Crippen molar-refractivity contribution in [2.75, 3.05) is 5.32 Å². The second-order valence-electron chi connectivity index (χ2n) is 13.1. The quantitative estimate of drug-likeness (QED) is 0.118. The summed E-state index contributed by atoms with van der Waals surface area (Å²) in [6.07, 6.45) is 11.7. The molecule has 0 aliphatic rings. The number of carbonyl (C=O) groups is 1. The highest BCUT2D eigenvalue weighted by atomic mass is 35.5. The van der Waals surface area contributed by atoms with Crippen molar-refractivity contribution >= 4 is 72.0 Å². The van der Waals surface area contributed by atoms with Crippen LogP contribution >= 0.6 is 11.6 Å². The maximum atomic E-state index is 13.0. The zero-order valence-electron chi connectivity index (χ0n) is 30.6. The molecule has 0 bridgehead atoms. The number of pyridine rings is 2.